The molecule has 1 saturated heterocycles. The molecule has 30 heavy (non-hydrogen) atoms. The summed E-state index contributed by atoms with van der Waals surface area (Å²) in [7, 11) is 0. The number of halogens is 5. The first-order valence-electron chi connectivity index (χ1n) is 8.87. The van der Waals surface area contributed by atoms with Crippen LogP contribution in [-0.4, -0.2) is 48.3 Å². The number of piperidine rings is 1. The second-order valence-electron chi connectivity index (χ2n) is 6.39. The number of rotatable bonds is 7. The van der Waals surface area contributed by atoms with Gasteiger partial charge in [0.1, 0.15) is 6.61 Å². The maximum Gasteiger partial charge on any atom is 0.522 e. The Morgan fingerprint density at radius 3 is 2.70 bits per heavy atom. The van der Waals surface area contributed by atoms with Crippen LogP contribution in [0.15, 0.2) is 22.6 Å². The lowest BCUT2D eigenvalue weighted by Gasteiger charge is -2.28. The average Bonchev–Trinajstić information content (AvgIpc) is 3.16. The van der Waals surface area contributed by atoms with Crippen LogP contribution < -0.4 is 15.4 Å². The van der Waals surface area contributed by atoms with Gasteiger partial charge in [0.2, 0.25) is 5.89 Å². The van der Waals surface area contributed by atoms with Gasteiger partial charge in [-0.3, -0.25) is 9.53 Å². The van der Waals surface area contributed by atoms with Crippen LogP contribution in [0.5, 0.6) is 6.08 Å². The molecule has 0 bridgehead atoms. The molecule has 13 heteroatoms. The van der Waals surface area contributed by atoms with E-state index in [2.05, 4.69) is 25.6 Å². The summed E-state index contributed by atoms with van der Waals surface area (Å²) < 4.78 is 49.5. The number of hydrogen-bond acceptors (Lipinski definition) is 7. The van der Waals surface area contributed by atoms with Crippen molar-refractivity contribution in [2.45, 2.75) is 31.3 Å². The lowest BCUT2D eigenvalue weighted by molar-refractivity contribution is -0.325. The molecule has 0 saturated carbocycles. The highest BCUT2D eigenvalue weighted by molar-refractivity contribution is 6.42. The largest absolute Gasteiger partial charge is 0.522 e. The zero-order valence-electron chi connectivity index (χ0n) is 15.3. The van der Waals surface area contributed by atoms with Crippen molar-refractivity contribution in [1.29, 1.82) is 0 Å². The molecule has 3 rings (SSSR count). The second-order valence-corrected chi connectivity index (χ2v) is 7.20. The number of hydrogen-bond donors (Lipinski definition) is 2. The number of ether oxygens (including phenoxy) is 2. The number of alkyl halides is 3. The molecule has 164 valence electrons. The summed E-state index contributed by atoms with van der Waals surface area (Å²) in [6.07, 6.45) is -3.73. The molecule has 1 aromatic heterocycles. The van der Waals surface area contributed by atoms with E-state index in [0.29, 0.717) is 35.0 Å². The van der Waals surface area contributed by atoms with E-state index in [9.17, 15) is 18.0 Å². The van der Waals surface area contributed by atoms with Crippen molar-refractivity contribution in [2.75, 3.05) is 19.8 Å². The summed E-state index contributed by atoms with van der Waals surface area (Å²) in [5, 5.41) is 14.2. The summed E-state index contributed by atoms with van der Waals surface area (Å²) in [6.45, 7) is -0.624. The molecule has 2 aromatic rings. The van der Waals surface area contributed by atoms with Gasteiger partial charge in [0, 0.05) is 18.2 Å². The minimum atomic E-state index is -4.72. The van der Waals surface area contributed by atoms with Crippen LogP contribution in [0.1, 0.15) is 35.1 Å². The van der Waals surface area contributed by atoms with Gasteiger partial charge in [-0.15, -0.1) is 18.3 Å². The van der Waals surface area contributed by atoms with Crippen molar-refractivity contribution < 1.29 is 31.9 Å². The zero-order chi connectivity index (χ0) is 21.7. The van der Waals surface area contributed by atoms with Gasteiger partial charge < -0.3 is 19.8 Å². The molecule has 0 radical (unpaired) electrons. The van der Waals surface area contributed by atoms with Gasteiger partial charge in [0.05, 0.1) is 22.7 Å². The first-order chi connectivity index (χ1) is 14.2. The van der Waals surface area contributed by atoms with Crippen LogP contribution in [0.2, 0.25) is 10.0 Å². The smallest absolute Gasteiger partial charge is 0.447 e. The van der Waals surface area contributed by atoms with Crippen LogP contribution >= 0.6 is 23.2 Å². The van der Waals surface area contributed by atoms with Gasteiger partial charge in [-0.05, 0) is 31.0 Å². The predicted octanol–water partition coefficient (Wildman–Crippen LogP) is 3.51. The van der Waals surface area contributed by atoms with Crippen LogP contribution in [0.4, 0.5) is 13.2 Å². The Balaban J connectivity index is 1.43. The van der Waals surface area contributed by atoms with E-state index >= 15 is 0 Å². The summed E-state index contributed by atoms with van der Waals surface area (Å²) in [6, 6.07) is 4.25. The third kappa shape index (κ3) is 6.46. The third-order valence-electron chi connectivity index (χ3n) is 4.23. The average molecular weight is 469 g/mol. The van der Waals surface area contributed by atoms with E-state index in [0.717, 1.165) is 0 Å². The Labute approximate surface area is 179 Å². The Kier molecular flexibility index (Phi) is 7.40. The molecule has 0 unspecified atom stereocenters. The van der Waals surface area contributed by atoms with Crippen LogP contribution in [-0.2, 0) is 4.74 Å². The lowest BCUT2D eigenvalue weighted by atomic mass is 10.0. The number of benzene rings is 1. The minimum Gasteiger partial charge on any atom is -0.447 e. The molecular formula is C17H17Cl2F3N4O4. The number of nitrogens with zero attached hydrogens (tertiary/aromatic N) is 2. The number of aromatic nitrogens is 2. The van der Waals surface area contributed by atoms with Crippen molar-refractivity contribution in [3.05, 3.63) is 39.7 Å². The van der Waals surface area contributed by atoms with Crippen molar-refractivity contribution >= 4 is 29.1 Å². The molecule has 1 amide bonds. The van der Waals surface area contributed by atoms with Crippen LogP contribution in [0.3, 0.4) is 0 Å². The first kappa shape index (κ1) is 22.6. The summed E-state index contributed by atoms with van der Waals surface area (Å²) in [4.78, 5) is 12.3. The molecule has 1 fully saturated rings. The van der Waals surface area contributed by atoms with Crippen LogP contribution in [0.25, 0.3) is 0 Å². The molecule has 2 N–H and O–H groups in total. The molecule has 2 heterocycles. The number of amides is 1. The monoisotopic (exact) mass is 468 g/mol. The number of nitrogens with one attached hydrogen (secondary N) is 2. The molecule has 0 spiro atoms. The molecule has 2 atom stereocenters. The fourth-order valence-electron chi connectivity index (χ4n) is 2.80. The van der Waals surface area contributed by atoms with E-state index in [1.165, 1.54) is 6.07 Å². The summed E-state index contributed by atoms with van der Waals surface area (Å²) >= 11 is 11.8. The van der Waals surface area contributed by atoms with E-state index in [1.54, 1.807) is 12.1 Å². The van der Waals surface area contributed by atoms with Crippen molar-refractivity contribution in [2.24, 2.45) is 0 Å². The van der Waals surface area contributed by atoms with Gasteiger partial charge in [-0.1, -0.05) is 28.3 Å². The van der Waals surface area contributed by atoms with Crippen LogP contribution in [0, 0.1) is 0 Å². The SMILES string of the molecule is O=C(N[C@H]1CC[C@H](c2nnc(OCCOC(F)(F)F)o2)NC1)c1ccc(Cl)c(Cl)c1. The predicted molar refractivity (Wildman–Crippen MR) is 99.5 cm³/mol. The van der Waals surface area contributed by atoms with Gasteiger partial charge in [0.25, 0.3) is 5.91 Å². The highest BCUT2D eigenvalue weighted by Crippen LogP contribution is 2.25. The number of carbonyl (C=O) groups is 1. The fourth-order valence-corrected chi connectivity index (χ4v) is 3.10. The Hall–Kier alpha value is -2.08. The van der Waals surface area contributed by atoms with E-state index in [1.807, 2.05) is 0 Å². The Bertz CT molecular complexity index is 873. The van der Waals surface area contributed by atoms with E-state index < -0.39 is 13.0 Å². The van der Waals surface area contributed by atoms with Gasteiger partial charge in [-0.2, -0.15) is 0 Å². The molecule has 0 aliphatic carbocycles. The quantitative estimate of drug-likeness (QED) is 0.599. The number of carbonyl (C=O) groups excluding carboxylic acids is 1. The van der Waals surface area contributed by atoms with Crippen molar-refractivity contribution in [3.8, 4) is 6.08 Å². The second kappa shape index (κ2) is 9.82. The van der Waals surface area contributed by atoms with Crippen molar-refractivity contribution in [1.82, 2.24) is 20.8 Å². The molecule has 1 aliphatic rings. The van der Waals surface area contributed by atoms with Gasteiger partial charge >= 0.3 is 12.4 Å². The minimum absolute atomic E-state index is 0.124. The van der Waals surface area contributed by atoms with Crippen molar-refractivity contribution in [3.63, 3.8) is 0 Å². The Morgan fingerprint density at radius 2 is 2.03 bits per heavy atom. The van der Waals surface area contributed by atoms with Gasteiger partial charge in [-0.25, -0.2) is 0 Å². The maximum absolute atomic E-state index is 12.3. The van der Waals surface area contributed by atoms with E-state index in [4.69, 9.17) is 32.4 Å². The standard InChI is InChI=1S/C17H17Cl2F3N4O4/c18-11-3-1-9(7-12(11)19)14(27)24-10-2-4-13(23-8-10)15-25-26-16(30-15)28-5-6-29-17(20,21)22/h1,3,7,10,13,23H,2,4-6,8H2,(H,24,27)/t10-,13+/m0/s1. The zero-order valence-corrected chi connectivity index (χ0v) is 16.9. The molecule has 8 nitrogen and oxygen atoms in total. The van der Waals surface area contributed by atoms with Gasteiger partial charge in [0.15, 0.2) is 0 Å². The topological polar surface area (TPSA) is 98.5 Å². The maximum atomic E-state index is 12.3. The van der Waals surface area contributed by atoms with E-state index in [-0.39, 0.29) is 36.6 Å². The highest BCUT2D eigenvalue weighted by Gasteiger charge is 2.29. The summed E-state index contributed by atoms with van der Waals surface area (Å²) in [5.41, 5.74) is 0.403. The fraction of sp³-hybridized carbons (Fsp3) is 0.471. The third-order valence-corrected chi connectivity index (χ3v) is 4.97. The normalized spacial score (nSPS) is 19.5. The molecule has 1 aliphatic heterocycles. The summed E-state index contributed by atoms with van der Waals surface area (Å²) in [5.74, 6) is -0.0237. The highest BCUT2D eigenvalue weighted by atomic mass is 35.5. The molecular weight excluding hydrogens is 452 g/mol. The molecule has 1 aromatic carbocycles. The first-order valence-corrected chi connectivity index (χ1v) is 9.63. The Morgan fingerprint density at radius 1 is 1.23 bits per heavy atom. The lowest BCUT2D eigenvalue weighted by Crippen LogP contribution is -2.46.